The van der Waals surface area contributed by atoms with Gasteiger partial charge in [0.05, 0.1) is 5.69 Å². The Hall–Kier alpha value is -2.63. The summed E-state index contributed by atoms with van der Waals surface area (Å²) < 4.78 is 0. The third-order valence-electron chi connectivity index (χ3n) is 5.46. The van der Waals surface area contributed by atoms with Crippen molar-refractivity contribution in [2.75, 3.05) is 18.0 Å². The Morgan fingerprint density at radius 1 is 0.963 bits per heavy atom. The second kappa shape index (κ2) is 8.37. The van der Waals surface area contributed by atoms with Crippen molar-refractivity contribution >= 4 is 12.0 Å². The minimum absolute atomic E-state index is 0.0345. The number of nitrogens with zero attached hydrogens (tertiary/aromatic N) is 3. The lowest BCUT2D eigenvalue weighted by Gasteiger charge is -2.24. The fraction of sp³-hybridized carbons (Fsp3) is 0.476. The summed E-state index contributed by atoms with van der Waals surface area (Å²) in [6, 6.07) is 12.5. The summed E-state index contributed by atoms with van der Waals surface area (Å²) in [4.78, 5) is 23.6. The number of nitrogens with one attached hydrogen (secondary N) is 2. The van der Waals surface area contributed by atoms with Crippen LogP contribution in [0.3, 0.4) is 0 Å². The molecule has 1 aliphatic carbocycles. The van der Waals surface area contributed by atoms with Gasteiger partial charge in [-0.2, -0.15) is 0 Å². The Morgan fingerprint density at radius 2 is 1.74 bits per heavy atom. The van der Waals surface area contributed by atoms with Gasteiger partial charge in [0.2, 0.25) is 5.95 Å². The number of hydrogen-bond acceptors (Lipinski definition) is 4. The van der Waals surface area contributed by atoms with Crippen LogP contribution >= 0.6 is 0 Å². The van der Waals surface area contributed by atoms with E-state index in [4.69, 9.17) is 4.98 Å². The summed E-state index contributed by atoms with van der Waals surface area (Å²) in [5.41, 5.74) is 2.01. The molecule has 142 valence electrons. The molecule has 0 spiro atoms. The highest BCUT2D eigenvalue weighted by atomic mass is 16.2. The lowest BCUT2D eigenvalue weighted by atomic mass is 9.96. The highest BCUT2D eigenvalue weighted by molar-refractivity contribution is 5.74. The molecule has 2 heterocycles. The van der Waals surface area contributed by atoms with Crippen molar-refractivity contribution < 1.29 is 4.79 Å². The summed E-state index contributed by atoms with van der Waals surface area (Å²) in [7, 11) is 0. The minimum atomic E-state index is -0.0345. The zero-order valence-corrected chi connectivity index (χ0v) is 15.6. The van der Waals surface area contributed by atoms with Crippen LogP contribution in [0.2, 0.25) is 0 Å². The van der Waals surface area contributed by atoms with Gasteiger partial charge in [-0.15, -0.1) is 0 Å². The zero-order chi connectivity index (χ0) is 18.5. The van der Waals surface area contributed by atoms with Crippen LogP contribution in [-0.2, 0) is 0 Å². The van der Waals surface area contributed by atoms with Gasteiger partial charge in [0, 0.05) is 36.9 Å². The van der Waals surface area contributed by atoms with Crippen LogP contribution in [-0.4, -0.2) is 41.2 Å². The Balaban J connectivity index is 1.33. The summed E-state index contributed by atoms with van der Waals surface area (Å²) in [6.07, 6.45) is 8.65. The Morgan fingerprint density at radius 3 is 2.56 bits per heavy atom. The van der Waals surface area contributed by atoms with E-state index in [1.165, 1.54) is 19.3 Å². The standard InChI is InChI=1S/C21H27N5O/c27-21(23-17-9-5-2-6-10-17)24-18-12-14-26(15-18)20-22-13-11-19(25-20)16-7-3-1-4-8-16/h1,3-4,7-8,11,13,17-18H,2,5-6,9-10,12,14-15H2,(H2,23,24,27). The third-order valence-corrected chi connectivity index (χ3v) is 5.46. The topological polar surface area (TPSA) is 70.2 Å². The molecule has 2 aromatic rings. The van der Waals surface area contributed by atoms with Gasteiger partial charge in [0.15, 0.2) is 0 Å². The quantitative estimate of drug-likeness (QED) is 0.872. The van der Waals surface area contributed by atoms with Crippen molar-refractivity contribution in [3.05, 3.63) is 42.6 Å². The Labute approximate surface area is 160 Å². The SMILES string of the molecule is O=C(NC1CCCCC1)NC1CCN(c2nccc(-c3ccccc3)n2)C1. The highest BCUT2D eigenvalue weighted by Gasteiger charge is 2.26. The number of aromatic nitrogens is 2. The molecule has 6 nitrogen and oxygen atoms in total. The maximum atomic E-state index is 12.3. The maximum Gasteiger partial charge on any atom is 0.315 e. The van der Waals surface area contributed by atoms with Crippen LogP contribution in [0.1, 0.15) is 38.5 Å². The maximum absolute atomic E-state index is 12.3. The molecule has 1 aromatic heterocycles. The number of carbonyl (C=O) groups is 1. The van der Waals surface area contributed by atoms with Crippen LogP contribution < -0.4 is 15.5 Å². The van der Waals surface area contributed by atoms with E-state index in [-0.39, 0.29) is 12.1 Å². The lowest BCUT2D eigenvalue weighted by Crippen LogP contribution is -2.47. The fourth-order valence-electron chi connectivity index (χ4n) is 3.99. The van der Waals surface area contributed by atoms with E-state index in [0.717, 1.165) is 49.6 Å². The second-order valence-electron chi connectivity index (χ2n) is 7.49. The molecular formula is C21H27N5O. The first-order chi connectivity index (χ1) is 13.3. The van der Waals surface area contributed by atoms with Gasteiger partial charge in [-0.3, -0.25) is 0 Å². The molecule has 1 unspecified atom stereocenters. The molecule has 1 saturated carbocycles. The monoisotopic (exact) mass is 365 g/mol. The molecule has 6 heteroatoms. The highest BCUT2D eigenvalue weighted by Crippen LogP contribution is 2.21. The van der Waals surface area contributed by atoms with E-state index >= 15 is 0 Å². The van der Waals surface area contributed by atoms with E-state index in [0.29, 0.717) is 6.04 Å². The van der Waals surface area contributed by atoms with Crippen molar-refractivity contribution in [3.8, 4) is 11.3 Å². The smallest absolute Gasteiger partial charge is 0.315 e. The van der Waals surface area contributed by atoms with Gasteiger partial charge in [-0.1, -0.05) is 49.6 Å². The van der Waals surface area contributed by atoms with Gasteiger partial charge in [-0.05, 0) is 25.3 Å². The minimum Gasteiger partial charge on any atom is -0.339 e. The van der Waals surface area contributed by atoms with Gasteiger partial charge in [0.1, 0.15) is 0 Å². The molecule has 4 rings (SSSR count). The summed E-state index contributed by atoms with van der Waals surface area (Å²) in [5.74, 6) is 0.730. The first kappa shape index (κ1) is 17.8. The van der Waals surface area contributed by atoms with Crippen molar-refractivity contribution in [3.63, 3.8) is 0 Å². The first-order valence-electron chi connectivity index (χ1n) is 9.98. The van der Waals surface area contributed by atoms with Crippen LogP contribution in [0.15, 0.2) is 42.6 Å². The normalized spacial score (nSPS) is 20.4. The van der Waals surface area contributed by atoms with E-state index in [1.807, 2.05) is 24.3 Å². The van der Waals surface area contributed by atoms with E-state index in [1.54, 1.807) is 6.20 Å². The van der Waals surface area contributed by atoms with E-state index in [2.05, 4.69) is 32.7 Å². The molecule has 1 saturated heterocycles. The van der Waals surface area contributed by atoms with E-state index < -0.39 is 0 Å². The number of amides is 2. The molecule has 27 heavy (non-hydrogen) atoms. The number of benzene rings is 1. The molecule has 1 atom stereocenters. The zero-order valence-electron chi connectivity index (χ0n) is 15.6. The predicted octanol–water partition coefficient (Wildman–Crippen LogP) is 3.35. The Kier molecular flexibility index (Phi) is 5.51. The molecule has 1 aliphatic heterocycles. The summed E-state index contributed by atoms with van der Waals surface area (Å²) in [5, 5.41) is 6.26. The number of carbonyl (C=O) groups excluding carboxylic acids is 1. The third kappa shape index (κ3) is 4.56. The summed E-state index contributed by atoms with van der Waals surface area (Å²) >= 11 is 0. The molecule has 1 aromatic carbocycles. The second-order valence-corrected chi connectivity index (χ2v) is 7.49. The molecule has 2 aliphatic rings. The molecule has 0 bridgehead atoms. The van der Waals surface area contributed by atoms with Gasteiger partial charge < -0.3 is 15.5 Å². The average molecular weight is 365 g/mol. The van der Waals surface area contributed by atoms with Crippen LogP contribution in [0.25, 0.3) is 11.3 Å². The predicted molar refractivity (Wildman–Crippen MR) is 107 cm³/mol. The first-order valence-corrected chi connectivity index (χ1v) is 9.98. The number of urea groups is 1. The van der Waals surface area contributed by atoms with Crippen LogP contribution in [0.4, 0.5) is 10.7 Å². The van der Waals surface area contributed by atoms with E-state index in [9.17, 15) is 4.79 Å². The average Bonchev–Trinajstić information content (AvgIpc) is 3.18. The molecule has 0 radical (unpaired) electrons. The van der Waals surface area contributed by atoms with Crippen molar-refractivity contribution in [2.24, 2.45) is 0 Å². The fourth-order valence-corrected chi connectivity index (χ4v) is 3.99. The van der Waals surface area contributed by atoms with Gasteiger partial charge in [0.25, 0.3) is 0 Å². The molecule has 2 fully saturated rings. The van der Waals surface area contributed by atoms with Crippen LogP contribution in [0, 0.1) is 0 Å². The number of rotatable bonds is 4. The van der Waals surface area contributed by atoms with Gasteiger partial charge >= 0.3 is 6.03 Å². The number of anilines is 1. The molecular weight excluding hydrogens is 338 g/mol. The van der Waals surface area contributed by atoms with Crippen LogP contribution in [0.5, 0.6) is 0 Å². The molecule has 2 N–H and O–H groups in total. The number of hydrogen-bond donors (Lipinski definition) is 2. The Bertz CT molecular complexity index is 760. The summed E-state index contributed by atoms with van der Waals surface area (Å²) in [6.45, 7) is 1.60. The molecule has 2 amide bonds. The van der Waals surface area contributed by atoms with Crippen molar-refractivity contribution in [1.29, 1.82) is 0 Å². The largest absolute Gasteiger partial charge is 0.339 e. The van der Waals surface area contributed by atoms with Crippen molar-refractivity contribution in [1.82, 2.24) is 20.6 Å². The van der Waals surface area contributed by atoms with Gasteiger partial charge in [-0.25, -0.2) is 14.8 Å². The van der Waals surface area contributed by atoms with Crippen molar-refractivity contribution in [2.45, 2.75) is 50.6 Å². The lowest BCUT2D eigenvalue weighted by molar-refractivity contribution is 0.229.